The fourth-order valence-corrected chi connectivity index (χ4v) is 9.13. The molecule has 2 aliphatic carbocycles. The van der Waals surface area contributed by atoms with Crippen LogP contribution in [-0.2, 0) is 9.47 Å². The monoisotopic (exact) mass is 839 g/mol. The summed E-state index contributed by atoms with van der Waals surface area (Å²) in [4.78, 5) is 27.6. The summed E-state index contributed by atoms with van der Waals surface area (Å²) in [6, 6.07) is 32.9. The second-order valence-electron chi connectivity index (χ2n) is 17.6. The van der Waals surface area contributed by atoms with E-state index in [0.29, 0.717) is 58.8 Å². The molecule has 0 amide bonds. The van der Waals surface area contributed by atoms with Gasteiger partial charge in [0.25, 0.3) is 0 Å². The van der Waals surface area contributed by atoms with Crippen molar-refractivity contribution >= 4 is 11.9 Å². The van der Waals surface area contributed by atoms with Crippen LogP contribution in [0.1, 0.15) is 161 Å². The van der Waals surface area contributed by atoms with E-state index in [2.05, 4.69) is 38.2 Å². The van der Waals surface area contributed by atoms with Crippen LogP contribution < -0.4 is 9.47 Å². The van der Waals surface area contributed by atoms with Gasteiger partial charge in [-0.15, -0.1) is 0 Å². The highest BCUT2D eigenvalue weighted by molar-refractivity contribution is 5.90. The van der Waals surface area contributed by atoms with Gasteiger partial charge in [0.2, 0.25) is 0 Å². The lowest BCUT2D eigenvalue weighted by Gasteiger charge is -2.28. The van der Waals surface area contributed by atoms with E-state index >= 15 is 0 Å². The van der Waals surface area contributed by atoms with Crippen molar-refractivity contribution in [3.63, 3.8) is 0 Å². The molecule has 330 valence electrons. The second-order valence-corrected chi connectivity index (χ2v) is 17.6. The quantitative estimate of drug-likeness (QED) is 0.0421. The smallest absolute Gasteiger partial charge is 0.338 e. The highest BCUT2D eigenvalue weighted by atomic mass is 16.6. The minimum absolute atomic E-state index is 0.373. The van der Waals surface area contributed by atoms with E-state index in [4.69, 9.17) is 18.9 Å². The summed E-state index contributed by atoms with van der Waals surface area (Å²) >= 11 is 0. The van der Waals surface area contributed by atoms with Crippen LogP contribution in [0.5, 0.6) is 11.5 Å². The van der Waals surface area contributed by atoms with Crippen molar-refractivity contribution in [1.82, 2.24) is 0 Å². The van der Waals surface area contributed by atoms with E-state index in [9.17, 15) is 9.59 Å². The molecule has 6 nitrogen and oxygen atoms in total. The molecule has 0 bridgehead atoms. The molecule has 0 spiro atoms. The van der Waals surface area contributed by atoms with Crippen molar-refractivity contribution in [2.45, 2.75) is 129 Å². The average molecular weight is 839 g/mol. The topological polar surface area (TPSA) is 71.1 Å². The molecule has 0 radical (unpaired) electrons. The molecule has 0 saturated heterocycles. The number of unbranched alkanes of at least 4 members (excludes halogenated alkanes) is 4. The van der Waals surface area contributed by atoms with Crippen LogP contribution in [0, 0.1) is 23.7 Å². The molecule has 0 N–H and O–H groups in total. The Morgan fingerprint density at radius 3 is 1.23 bits per heavy atom. The fourth-order valence-electron chi connectivity index (χ4n) is 9.13. The van der Waals surface area contributed by atoms with Crippen molar-refractivity contribution in [1.29, 1.82) is 0 Å². The minimum Gasteiger partial charge on any atom is -0.490 e. The lowest BCUT2D eigenvalue weighted by Crippen LogP contribution is -2.23. The number of allylic oxidation sites excluding steroid dienone is 2. The van der Waals surface area contributed by atoms with Crippen molar-refractivity contribution in [2.75, 3.05) is 13.2 Å². The van der Waals surface area contributed by atoms with Gasteiger partial charge in [-0.2, -0.15) is 0 Å². The number of hydrogen-bond acceptors (Lipinski definition) is 6. The van der Waals surface area contributed by atoms with Crippen LogP contribution >= 0.6 is 0 Å². The third-order valence-corrected chi connectivity index (χ3v) is 12.9. The molecule has 0 unspecified atom stereocenters. The van der Waals surface area contributed by atoms with Gasteiger partial charge in [0.15, 0.2) is 12.2 Å². The van der Waals surface area contributed by atoms with Crippen LogP contribution in [0.3, 0.4) is 0 Å². The van der Waals surface area contributed by atoms with Gasteiger partial charge in [0, 0.05) is 0 Å². The number of esters is 2. The Morgan fingerprint density at radius 2 is 0.871 bits per heavy atom. The predicted molar refractivity (Wildman–Crippen MR) is 251 cm³/mol. The van der Waals surface area contributed by atoms with Gasteiger partial charge in [-0.3, -0.25) is 0 Å². The summed E-state index contributed by atoms with van der Waals surface area (Å²) in [6.07, 6.45) is 28.2. The first-order valence-corrected chi connectivity index (χ1v) is 23.8. The minimum atomic E-state index is -0.923. The Labute approximate surface area is 372 Å². The van der Waals surface area contributed by atoms with Crippen molar-refractivity contribution in [2.24, 2.45) is 23.7 Å². The highest BCUT2D eigenvalue weighted by Gasteiger charge is 2.33. The first-order chi connectivity index (χ1) is 30.5. The van der Waals surface area contributed by atoms with Crippen LogP contribution in [0.4, 0.5) is 0 Å². The number of benzene rings is 4. The highest BCUT2D eigenvalue weighted by Crippen LogP contribution is 2.38. The SMILES string of the molecule is CCCCCC1CCC(C=CCOc2ccc(C(=O)O[C@H](c3ccccc3)[C@H](OC(=O)c3ccc(OCC=CC4CCC(CCCCC)CC4)cc3)c3ccccc3)cc2)CC1. The summed E-state index contributed by atoms with van der Waals surface area (Å²) in [6.45, 7) is 5.50. The number of carbonyl (C=O) groups is 2. The molecular weight excluding hydrogens is 769 g/mol. The maximum atomic E-state index is 13.8. The molecule has 2 saturated carbocycles. The van der Waals surface area contributed by atoms with Crippen LogP contribution in [0.15, 0.2) is 133 Å². The zero-order valence-corrected chi connectivity index (χ0v) is 37.3. The van der Waals surface area contributed by atoms with E-state index < -0.39 is 24.1 Å². The fraction of sp³-hybridized carbons (Fsp3) is 0.464. The molecular formula is C56H70O6. The lowest BCUT2D eigenvalue weighted by atomic mass is 9.79. The van der Waals surface area contributed by atoms with E-state index in [1.165, 1.54) is 103 Å². The first kappa shape index (κ1) is 46.4. The standard InChI is InChI=1S/C56H70O6/c1-3-5-9-17-43-25-29-45(30-26-43)19-15-41-59-51-37-33-49(34-38-51)55(57)61-53(47-21-11-7-12-22-47)54(48-23-13-8-14-24-48)62-56(58)50-35-39-52(40-36-50)60-42-16-20-46-31-27-44(28-32-46)18-10-6-4-2/h7-8,11-16,19-24,33-40,43-46,53-54H,3-6,9-10,17-18,25-32,41-42H2,1-2H3/t43?,44?,45?,46?,53-,54-/m1/s1. The Kier molecular flexibility index (Phi) is 19.3. The number of ether oxygens (including phenoxy) is 4. The normalized spacial score (nSPS) is 20.1. The maximum Gasteiger partial charge on any atom is 0.338 e. The lowest BCUT2D eigenvalue weighted by molar-refractivity contribution is -0.0388. The van der Waals surface area contributed by atoms with Gasteiger partial charge in [0.05, 0.1) is 11.1 Å². The molecule has 2 fully saturated rings. The Morgan fingerprint density at radius 1 is 0.500 bits per heavy atom. The van der Waals surface area contributed by atoms with Gasteiger partial charge in [0.1, 0.15) is 24.7 Å². The zero-order chi connectivity index (χ0) is 43.2. The molecule has 6 rings (SSSR count). The van der Waals surface area contributed by atoms with Gasteiger partial charge in [-0.05, 0) is 135 Å². The molecule has 0 aliphatic heterocycles. The van der Waals surface area contributed by atoms with Crippen LogP contribution in [0.25, 0.3) is 0 Å². The van der Waals surface area contributed by atoms with Gasteiger partial charge >= 0.3 is 11.9 Å². The Balaban J connectivity index is 1.03. The van der Waals surface area contributed by atoms with Gasteiger partial charge in [-0.1, -0.05) is 150 Å². The van der Waals surface area contributed by atoms with Crippen molar-refractivity contribution < 1.29 is 28.5 Å². The molecule has 4 aromatic rings. The molecule has 2 atom stereocenters. The Hall–Kier alpha value is -5.10. The average Bonchev–Trinajstić information content (AvgIpc) is 3.32. The van der Waals surface area contributed by atoms with E-state index in [-0.39, 0.29) is 0 Å². The third-order valence-electron chi connectivity index (χ3n) is 12.9. The zero-order valence-electron chi connectivity index (χ0n) is 37.3. The predicted octanol–water partition coefficient (Wildman–Crippen LogP) is 14.8. The van der Waals surface area contributed by atoms with E-state index in [0.717, 1.165) is 11.8 Å². The summed E-state index contributed by atoms with van der Waals surface area (Å²) in [5.74, 6) is 3.36. The summed E-state index contributed by atoms with van der Waals surface area (Å²) in [5, 5.41) is 0. The molecule has 4 aromatic carbocycles. The van der Waals surface area contributed by atoms with Crippen molar-refractivity contribution in [3.8, 4) is 11.5 Å². The maximum absolute atomic E-state index is 13.8. The Bertz CT molecular complexity index is 1780. The van der Waals surface area contributed by atoms with E-state index in [1.54, 1.807) is 48.5 Å². The molecule has 2 aliphatic rings. The largest absolute Gasteiger partial charge is 0.490 e. The summed E-state index contributed by atoms with van der Waals surface area (Å²) in [5.41, 5.74) is 2.16. The van der Waals surface area contributed by atoms with Crippen molar-refractivity contribution in [3.05, 3.63) is 156 Å². The molecule has 6 heteroatoms. The number of hydrogen-bond donors (Lipinski definition) is 0. The van der Waals surface area contributed by atoms with Crippen LogP contribution in [-0.4, -0.2) is 25.2 Å². The van der Waals surface area contributed by atoms with Crippen LogP contribution in [0.2, 0.25) is 0 Å². The molecule has 62 heavy (non-hydrogen) atoms. The number of carbonyl (C=O) groups excluding carboxylic acids is 2. The van der Waals surface area contributed by atoms with Gasteiger partial charge < -0.3 is 18.9 Å². The summed E-state index contributed by atoms with van der Waals surface area (Å²) in [7, 11) is 0. The first-order valence-electron chi connectivity index (χ1n) is 23.8. The number of rotatable bonds is 23. The van der Waals surface area contributed by atoms with Gasteiger partial charge in [-0.25, -0.2) is 9.59 Å². The summed E-state index contributed by atoms with van der Waals surface area (Å²) < 4.78 is 24.6. The second kappa shape index (κ2) is 25.7. The molecule has 0 heterocycles. The third kappa shape index (κ3) is 15.1. The molecule has 0 aromatic heterocycles. The van der Waals surface area contributed by atoms with E-state index in [1.807, 2.05) is 60.7 Å².